The number of hydrogen-bond acceptors (Lipinski definition) is 0. The first-order chi connectivity index (χ1) is 4.84. The van der Waals surface area contributed by atoms with Gasteiger partial charge in [-0.25, -0.2) is 0 Å². The molecule has 0 heterocycles. The van der Waals surface area contributed by atoms with Crippen molar-refractivity contribution in [3.05, 3.63) is 0 Å². The van der Waals surface area contributed by atoms with Crippen LogP contribution in [0, 0.1) is 11.8 Å². The van der Waals surface area contributed by atoms with Gasteiger partial charge in [0.05, 0.1) is 0 Å². The predicted octanol–water partition coefficient (Wildman–Crippen LogP) is 3.61. The minimum Gasteiger partial charge on any atom is -0.0651 e. The largest absolute Gasteiger partial charge is 0.0651 e. The molecule has 60 valence electrons. The summed E-state index contributed by atoms with van der Waals surface area (Å²) in [5.74, 6) is 2.05. The smallest absolute Gasteiger partial charge is 0.0391 e. The van der Waals surface area contributed by atoms with Gasteiger partial charge in [-0.3, -0.25) is 0 Å². The fraction of sp³-hybridized carbons (Fsp3) is 1.00. The second-order valence-electron chi connectivity index (χ2n) is 3.78. The zero-order chi connectivity index (χ0) is 7.40. The molecule has 0 N–H and O–H groups in total. The molecule has 0 unspecified atom stereocenters. The van der Waals surface area contributed by atoms with Crippen LogP contribution in [-0.4, -0.2) is 0 Å². The standard InChI is InChI=1S/C10H20/c1-3-10-8-6-4-5-7-9(10)2/h9-10H,3-8H2,1-2H3/t9-,10+/m0/s1. The second-order valence-corrected chi connectivity index (χ2v) is 3.78. The fourth-order valence-electron chi connectivity index (χ4n) is 2.18. The minimum atomic E-state index is 1.01. The van der Waals surface area contributed by atoms with Gasteiger partial charge in [-0.1, -0.05) is 52.4 Å². The van der Waals surface area contributed by atoms with Gasteiger partial charge >= 0.3 is 0 Å². The average molecular weight is 140 g/mol. The average Bonchev–Trinajstić information content (AvgIpc) is 2.13. The molecule has 0 aromatic heterocycles. The molecule has 0 aromatic rings. The van der Waals surface area contributed by atoms with Crippen molar-refractivity contribution < 1.29 is 0 Å². The molecule has 2 atom stereocenters. The molecule has 1 fully saturated rings. The Morgan fingerprint density at radius 1 is 1.10 bits per heavy atom. The normalized spacial score (nSPS) is 35.4. The monoisotopic (exact) mass is 140 g/mol. The maximum atomic E-state index is 2.43. The Kier molecular flexibility index (Phi) is 3.24. The van der Waals surface area contributed by atoms with E-state index in [1.165, 1.54) is 38.5 Å². The fourth-order valence-corrected chi connectivity index (χ4v) is 2.18. The van der Waals surface area contributed by atoms with Crippen molar-refractivity contribution in [1.82, 2.24) is 0 Å². The lowest BCUT2D eigenvalue weighted by Crippen LogP contribution is -2.07. The van der Waals surface area contributed by atoms with Crippen LogP contribution in [0.15, 0.2) is 0 Å². The van der Waals surface area contributed by atoms with Crippen molar-refractivity contribution in [3.8, 4) is 0 Å². The van der Waals surface area contributed by atoms with Crippen LogP contribution in [0.1, 0.15) is 52.4 Å². The van der Waals surface area contributed by atoms with Gasteiger partial charge in [-0.15, -0.1) is 0 Å². The Bertz CT molecular complexity index is 86.0. The van der Waals surface area contributed by atoms with Crippen LogP contribution in [0.3, 0.4) is 0 Å². The molecule has 1 rings (SSSR count). The van der Waals surface area contributed by atoms with Crippen molar-refractivity contribution >= 4 is 0 Å². The molecule has 0 radical (unpaired) electrons. The molecule has 0 bridgehead atoms. The summed E-state index contributed by atoms with van der Waals surface area (Å²) in [6.45, 7) is 4.77. The highest BCUT2D eigenvalue weighted by atomic mass is 14.2. The van der Waals surface area contributed by atoms with E-state index in [9.17, 15) is 0 Å². The summed E-state index contributed by atoms with van der Waals surface area (Å²) in [7, 11) is 0. The number of rotatable bonds is 1. The summed E-state index contributed by atoms with van der Waals surface area (Å²) in [6.07, 6.45) is 8.85. The third kappa shape index (κ3) is 2.00. The van der Waals surface area contributed by atoms with Gasteiger partial charge in [0.1, 0.15) is 0 Å². The van der Waals surface area contributed by atoms with Gasteiger partial charge < -0.3 is 0 Å². The molecular formula is C10H20. The first kappa shape index (κ1) is 8.10. The summed E-state index contributed by atoms with van der Waals surface area (Å²) in [5, 5.41) is 0. The van der Waals surface area contributed by atoms with Crippen molar-refractivity contribution in [3.63, 3.8) is 0 Å². The zero-order valence-electron chi connectivity index (χ0n) is 7.40. The van der Waals surface area contributed by atoms with E-state index in [0.29, 0.717) is 0 Å². The zero-order valence-corrected chi connectivity index (χ0v) is 7.40. The lowest BCUT2D eigenvalue weighted by atomic mass is 9.88. The van der Waals surface area contributed by atoms with Gasteiger partial charge in [-0.05, 0) is 11.8 Å². The van der Waals surface area contributed by atoms with Crippen molar-refractivity contribution in [2.45, 2.75) is 52.4 Å². The molecule has 10 heavy (non-hydrogen) atoms. The summed E-state index contributed by atoms with van der Waals surface area (Å²) < 4.78 is 0. The Hall–Kier alpha value is 0. The molecule has 1 aliphatic carbocycles. The third-order valence-corrected chi connectivity index (χ3v) is 3.06. The first-order valence-corrected chi connectivity index (χ1v) is 4.84. The minimum absolute atomic E-state index is 1.01. The highest BCUT2D eigenvalue weighted by Gasteiger charge is 2.17. The topological polar surface area (TPSA) is 0 Å². The van der Waals surface area contributed by atoms with Crippen LogP contribution in [0.25, 0.3) is 0 Å². The molecule has 0 amide bonds. The molecule has 1 saturated carbocycles. The van der Waals surface area contributed by atoms with E-state index in [0.717, 1.165) is 11.8 Å². The van der Waals surface area contributed by atoms with E-state index in [-0.39, 0.29) is 0 Å². The number of hydrogen-bond donors (Lipinski definition) is 0. The molecule has 0 spiro atoms. The summed E-state index contributed by atoms with van der Waals surface area (Å²) in [6, 6.07) is 0. The first-order valence-electron chi connectivity index (χ1n) is 4.84. The Labute approximate surface area is 65.0 Å². The highest BCUT2D eigenvalue weighted by Crippen LogP contribution is 2.30. The van der Waals surface area contributed by atoms with Gasteiger partial charge in [-0.2, -0.15) is 0 Å². The lowest BCUT2D eigenvalue weighted by Gasteiger charge is -2.18. The van der Waals surface area contributed by atoms with E-state index in [4.69, 9.17) is 0 Å². The van der Waals surface area contributed by atoms with Gasteiger partial charge in [0.2, 0.25) is 0 Å². The van der Waals surface area contributed by atoms with Crippen LogP contribution in [0.5, 0.6) is 0 Å². The van der Waals surface area contributed by atoms with E-state index >= 15 is 0 Å². The highest BCUT2D eigenvalue weighted by molar-refractivity contribution is 4.69. The Balaban J connectivity index is 2.35. The van der Waals surface area contributed by atoms with Gasteiger partial charge in [0.15, 0.2) is 0 Å². The van der Waals surface area contributed by atoms with Gasteiger partial charge in [0, 0.05) is 0 Å². The van der Waals surface area contributed by atoms with Crippen molar-refractivity contribution in [1.29, 1.82) is 0 Å². The molecule has 0 aromatic carbocycles. The maximum Gasteiger partial charge on any atom is -0.0391 e. The molecular weight excluding hydrogens is 120 g/mol. The lowest BCUT2D eigenvalue weighted by molar-refractivity contribution is 0.328. The summed E-state index contributed by atoms with van der Waals surface area (Å²) >= 11 is 0. The van der Waals surface area contributed by atoms with E-state index < -0.39 is 0 Å². The van der Waals surface area contributed by atoms with Crippen LogP contribution in [0.4, 0.5) is 0 Å². The van der Waals surface area contributed by atoms with E-state index in [2.05, 4.69) is 13.8 Å². The predicted molar refractivity (Wildman–Crippen MR) is 46.0 cm³/mol. The molecule has 1 aliphatic rings. The van der Waals surface area contributed by atoms with Gasteiger partial charge in [0.25, 0.3) is 0 Å². The third-order valence-electron chi connectivity index (χ3n) is 3.06. The molecule has 0 heteroatoms. The van der Waals surface area contributed by atoms with Crippen molar-refractivity contribution in [2.24, 2.45) is 11.8 Å². The maximum absolute atomic E-state index is 2.43. The summed E-state index contributed by atoms with van der Waals surface area (Å²) in [4.78, 5) is 0. The van der Waals surface area contributed by atoms with Crippen LogP contribution in [-0.2, 0) is 0 Å². The van der Waals surface area contributed by atoms with Crippen LogP contribution in [0.2, 0.25) is 0 Å². The van der Waals surface area contributed by atoms with Crippen LogP contribution < -0.4 is 0 Å². The second kappa shape index (κ2) is 4.00. The molecule has 0 saturated heterocycles. The molecule has 0 aliphatic heterocycles. The summed E-state index contributed by atoms with van der Waals surface area (Å²) in [5.41, 5.74) is 0. The quantitative estimate of drug-likeness (QED) is 0.488. The van der Waals surface area contributed by atoms with E-state index in [1.807, 2.05) is 0 Å². The van der Waals surface area contributed by atoms with Crippen LogP contribution >= 0.6 is 0 Å². The molecule has 0 nitrogen and oxygen atoms in total. The SMILES string of the molecule is CC[C@@H]1CCCCC[C@@H]1C. The Morgan fingerprint density at radius 2 is 1.80 bits per heavy atom. The Morgan fingerprint density at radius 3 is 2.50 bits per heavy atom. The van der Waals surface area contributed by atoms with Crippen molar-refractivity contribution in [2.75, 3.05) is 0 Å². The van der Waals surface area contributed by atoms with E-state index in [1.54, 1.807) is 0 Å².